The number of hydrogen-bond acceptors (Lipinski definition) is 6. The minimum absolute atomic E-state index is 0.112. The van der Waals surface area contributed by atoms with E-state index in [9.17, 15) is 14.4 Å². The molecule has 0 N–H and O–H groups in total. The third-order valence-corrected chi connectivity index (χ3v) is 13.6. The first kappa shape index (κ1) is 74.5. The summed E-state index contributed by atoms with van der Waals surface area (Å²) in [7, 11) is 0. The number of allylic oxidation sites excluding steroid dienone is 22. The monoisotopic (exact) mass is 1090 g/mol. The molecule has 0 saturated carbocycles. The second-order valence-corrected chi connectivity index (χ2v) is 21.3. The molecule has 1 atom stereocenters. The molecule has 0 spiro atoms. The van der Waals surface area contributed by atoms with E-state index in [1.165, 1.54) is 128 Å². The second-order valence-electron chi connectivity index (χ2n) is 21.3. The molecule has 0 bridgehead atoms. The average Bonchev–Trinajstić information content (AvgIpc) is 3.45. The van der Waals surface area contributed by atoms with Crippen LogP contribution in [0, 0.1) is 0 Å². The molecule has 448 valence electrons. The largest absolute Gasteiger partial charge is 0.462 e. The standard InChI is InChI=1S/C73H120O6/c1-4-7-10-13-16-19-22-25-27-29-31-32-33-34-35-36-37-38-39-40-42-43-45-48-51-54-57-60-63-66-72(75)78-69-70(68-77-71(74)65-62-59-56-53-50-47-24-21-18-15-12-9-6-3)79-73(76)67-64-61-58-55-52-49-46-44-41-30-28-26-23-20-17-14-11-8-5-2/h7-8,10-11,16-17,19-21,24-28,31-32,41,44,49,52,58,61,70H,4-6,9,12-15,18,22-23,29-30,33-40,42-43,45-48,50-51,53-57,59-60,62-69H2,1-3H3/b10-7-,11-8-,19-16-,20-17-,24-21-,27-25-,28-26-,32-31-,44-41-,52-49-,61-58-. The maximum atomic E-state index is 12.9. The summed E-state index contributed by atoms with van der Waals surface area (Å²) in [6.07, 6.45) is 93.4. The second kappa shape index (κ2) is 66.1. The maximum Gasteiger partial charge on any atom is 0.306 e. The lowest BCUT2D eigenvalue weighted by molar-refractivity contribution is -0.166. The summed E-state index contributed by atoms with van der Waals surface area (Å²) in [5, 5.41) is 0. The van der Waals surface area contributed by atoms with Gasteiger partial charge in [0.25, 0.3) is 0 Å². The van der Waals surface area contributed by atoms with Gasteiger partial charge >= 0.3 is 17.9 Å². The van der Waals surface area contributed by atoms with Gasteiger partial charge in [0.15, 0.2) is 6.10 Å². The fraction of sp³-hybridized carbons (Fsp3) is 0.658. The molecule has 79 heavy (non-hydrogen) atoms. The third-order valence-electron chi connectivity index (χ3n) is 13.6. The smallest absolute Gasteiger partial charge is 0.306 e. The van der Waals surface area contributed by atoms with Crippen molar-refractivity contribution >= 4 is 17.9 Å². The normalized spacial score (nSPS) is 13.0. The highest BCUT2D eigenvalue weighted by molar-refractivity contribution is 5.71. The number of rotatable bonds is 58. The zero-order valence-corrected chi connectivity index (χ0v) is 51.3. The van der Waals surface area contributed by atoms with Gasteiger partial charge in [0.1, 0.15) is 13.2 Å². The van der Waals surface area contributed by atoms with E-state index >= 15 is 0 Å². The lowest BCUT2D eigenvalue weighted by atomic mass is 10.0. The molecule has 0 saturated heterocycles. The Bertz CT molecular complexity index is 1680. The molecule has 0 aliphatic carbocycles. The van der Waals surface area contributed by atoms with E-state index in [1.54, 1.807) is 0 Å². The molecule has 6 nitrogen and oxygen atoms in total. The lowest BCUT2D eigenvalue weighted by Crippen LogP contribution is -2.30. The van der Waals surface area contributed by atoms with Crippen molar-refractivity contribution in [3.63, 3.8) is 0 Å². The Balaban J connectivity index is 4.34. The minimum Gasteiger partial charge on any atom is -0.462 e. The molecule has 6 heteroatoms. The van der Waals surface area contributed by atoms with Crippen LogP contribution < -0.4 is 0 Å². The van der Waals surface area contributed by atoms with Crippen LogP contribution in [0.3, 0.4) is 0 Å². The van der Waals surface area contributed by atoms with Crippen LogP contribution in [0.25, 0.3) is 0 Å². The number of carbonyl (C=O) groups excluding carboxylic acids is 3. The van der Waals surface area contributed by atoms with Crippen LogP contribution in [-0.2, 0) is 28.6 Å². The van der Waals surface area contributed by atoms with Crippen molar-refractivity contribution in [3.8, 4) is 0 Å². The number of unbranched alkanes of at least 4 members (excludes halogenated alkanes) is 25. The van der Waals surface area contributed by atoms with Crippen molar-refractivity contribution in [3.05, 3.63) is 134 Å². The summed E-state index contributed by atoms with van der Waals surface area (Å²) >= 11 is 0. The van der Waals surface area contributed by atoms with Gasteiger partial charge in [0.05, 0.1) is 0 Å². The van der Waals surface area contributed by atoms with Gasteiger partial charge in [-0.2, -0.15) is 0 Å². The van der Waals surface area contributed by atoms with Crippen molar-refractivity contribution in [2.75, 3.05) is 13.2 Å². The first-order valence-electron chi connectivity index (χ1n) is 32.7. The van der Waals surface area contributed by atoms with Crippen LogP contribution in [0.1, 0.15) is 290 Å². The van der Waals surface area contributed by atoms with Gasteiger partial charge < -0.3 is 14.2 Å². The van der Waals surface area contributed by atoms with Gasteiger partial charge in [-0.25, -0.2) is 0 Å². The number of carbonyl (C=O) groups is 3. The summed E-state index contributed by atoms with van der Waals surface area (Å²) in [5.41, 5.74) is 0. The lowest BCUT2D eigenvalue weighted by Gasteiger charge is -2.18. The molecule has 0 amide bonds. The van der Waals surface area contributed by atoms with Crippen molar-refractivity contribution < 1.29 is 28.6 Å². The SMILES string of the molecule is CC/C=C\C/C=C\C/C=C\C/C=C\C/C=C\C/C=C\CCC(=O)OC(COC(=O)CCCCCCC/C=C\CCCCCC)COC(=O)CCCCCCCCCCCCCCCCCC/C=C\C/C=C\C/C=C\C/C=C\CC. The third kappa shape index (κ3) is 64.3. The van der Waals surface area contributed by atoms with E-state index in [0.29, 0.717) is 19.3 Å². The molecule has 0 aliphatic heterocycles. The molecular weight excluding hydrogens is 973 g/mol. The first-order chi connectivity index (χ1) is 39.0. The van der Waals surface area contributed by atoms with Crippen molar-refractivity contribution in [2.24, 2.45) is 0 Å². The van der Waals surface area contributed by atoms with Gasteiger partial charge in [-0.1, -0.05) is 283 Å². The summed E-state index contributed by atoms with van der Waals surface area (Å²) in [6, 6.07) is 0. The first-order valence-corrected chi connectivity index (χ1v) is 32.7. The van der Waals surface area contributed by atoms with Gasteiger partial charge in [-0.05, 0) is 122 Å². The molecular formula is C73H120O6. The molecule has 0 aliphatic rings. The summed E-state index contributed by atoms with van der Waals surface area (Å²) in [6.45, 7) is 6.34. The Morgan fingerprint density at radius 1 is 0.266 bits per heavy atom. The van der Waals surface area contributed by atoms with Crippen LogP contribution in [0.15, 0.2) is 134 Å². The summed E-state index contributed by atoms with van der Waals surface area (Å²) < 4.78 is 16.8. The Labute approximate surface area is 487 Å². The number of ether oxygens (including phenoxy) is 3. The van der Waals surface area contributed by atoms with E-state index in [0.717, 1.165) is 116 Å². The Morgan fingerprint density at radius 2 is 0.519 bits per heavy atom. The predicted octanol–water partition coefficient (Wildman–Crippen LogP) is 22.5. The maximum absolute atomic E-state index is 12.9. The number of hydrogen-bond donors (Lipinski definition) is 0. The van der Waals surface area contributed by atoms with Crippen LogP contribution in [0.2, 0.25) is 0 Å². The quantitative estimate of drug-likeness (QED) is 0.0261. The van der Waals surface area contributed by atoms with Gasteiger partial charge in [0, 0.05) is 19.3 Å². The fourth-order valence-corrected chi connectivity index (χ4v) is 8.81. The fourth-order valence-electron chi connectivity index (χ4n) is 8.81. The van der Waals surface area contributed by atoms with Crippen LogP contribution in [0.4, 0.5) is 0 Å². The molecule has 0 aromatic heterocycles. The zero-order chi connectivity index (χ0) is 57.1. The Kier molecular flexibility index (Phi) is 62.3. The Morgan fingerprint density at radius 3 is 0.835 bits per heavy atom. The molecule has 1 unspecified atom stereocenters. The molecule has 0 aromatic carbocycles. The average molecular weight is 1090 g/mol. The molecule has 0 rings (SSSR count). The van der Waals surface area contributed by atoms with Gasteiger partial charge in [0.2, 0.25) is 0 Å². The summed E-state index contributed by atoms with van der Waals surface area (Å²) in [5.74, 6) is -1.00. The van der Waals surface area contributed by atoms with Crippen LogP contribution >= 0.6 is 0 Å². The van der Waals surface area contributed by atoms with E-state index in [4.69, 9.17) is 14.2 Å². The highest BCUT2D eigenvalue weighted by Gasteiger charge is 2.19. The van der Waals surface area contributed by atoms with Crippen LogP contribution in [-0.4, -0.2) is 37.2 Å². The van der Waals surface area contributed by atoms with E-state index in [-0.39, 0.29) is 31.6 Å². The van der Waals surface area contributed by atoms with Crippen molar-refractivity contribution in [1.82, 2.24) is 0 Å². The van der Waals surface area contributed by atoms with Crippen molar-refractivity contribution in [2.45, 2.75) is 297 Å². The topological polar surface area (TPSA) is 78.9 Å². The Hall–Kier alpha value is -4.45. The van der Waals surface area contributed by atoms with Gasteiger partial charge in [-0.3, -0.25) is 14.4 Å². The number of esters is 3. The summed E-state index contributed by atoms with van der Waals surface area (Å²) in [4.78, 5) is 38.3. The van der Waals surface area contributed by atoms with E-state index < -0.39 is 12.1 Å². The van der Waals surface area contributed by atoms with Crippen molar-refractivity contribution in [1.29, 1.82) is 0 Å². The highest BCUT2D eigenvalue weighted by atomic mass is 16.6. The minimum atomic E-state index is -0.826. The van der Waals surface area contributed by atoms with Gasteiger partial charge in [-0.15, -0.1) is 0 Å². The molecule has 0 heterocycles. The molecule has 0 aromatic rings. The zero-order valence-electron chi connectivity index (χ0n) is 51.3. The van der Waals surface area contributed by atoms with E-state index in [1.807, 2.05) is 6.08 Å². The molecule has 0 fully saturated rings. The highest BCUT2D eigenvalue weighted by Crippen LogP contribution is 2.16. The predicted molar refractivity (Wildman–Crippen MR) is 343 cm³/mol. The molecule has 0 radical (unpaired) electrons. The van der Waals surface area contributed by atoms with E-state index in [2.05, 4.69) is 148 Å². The van der Waals surface area contributed by atoms with Crippen LogP contribution in [0.5, 0.6) is 0 Å².